The molecule has 0 unspecified atom stereocenters. The van der Waals surface area contributed by atoms with E-state index in [1.54, 1.807) is 6.20 Å². The number of H-pyrrole nitrogens is 1. The number of hydrogen-bond acceptors (Lipinski definition) is 3. The van der Waals surface area contributed by atoms with E-state index < -0.39 is 0 Å². The Hall–Kier alpha value is -2.02. The van der Waals surface area contributed by atoms with Gasteiger partial charge in [-0.3, -0.25) is 0 Å². The van der Waals surface area contributed by atoms with Gasteiger partial charge in [-0.05, 0) is 12.1 Å². The van der Waals surface area contributed by atoms with Crippen LogP contribution >= 0.6 is 0 Å². The largest absolute Gasteiger partial charge is 0.359 e. The summed E-state index contributed by atoms with van der Waals surface area (Å²) in [6, 6.07) is 5.64. The SMILES string of the molecule is N#Cc1cnoc1-c1ccc[nH]1. The molecule has 2 rings (SSSR count). The van der Waals surface area contributed by atoms with Crippen LogP contribution in [-0.2, 0) is 0 Å². The van der Waals surface area contributed by atoms with Crippen molar-refractivity contribution < 1.29 is 4.52 Å². The van der Waals surface area contributed by atoms with Gasteiger partial charge in [0.25, 0.3) is 0 Å². The predicted molar refractivity (Wildman–Crippen MR) is 41.0 cm³/mol. The average molecular weight is 159 g/mol. The smallest absolute Gasteiger partial charge is 0.200 e. The van der Waals surface area contributed by atoms with Crippen LogP contribution in [0.4, 0.5) is 0 Å². The van der Waals surface area contributed by atoms with Crippen molar-refractivity contribution in [2.24, 2.45) is 0 Å². The Bertz CT molecular complexity index is 408. The summed E-state index contributed by atoms with van der Waals surface area (Å²) in [5.41, 5.74) is 1.21. The van der Waals surface area contributed by atoms with Crippen LogP contribution in [0.3, 0.4) is 0 Å². The third-order valence-electron chi connectivity index (χ3n) is 1.53. The second kappa shape index (κ2) is 2.55. The first kappa shape index (κ1) is 6.68. The Morgan fingerprint density at radius 3 is 3.17 bits per heavy atom. The summed E-state index contributed by atoms with van der Waals surface area (Å²) in [6.45, 7) is 0. The maximum absolute atomic E-state index is 8.64. The summed E-state index contributed by atoms with van der Waals surface area (Å²) < 4.78 is 4.90. The van der Waals surface area contributed by atoms with Crippen LogP contribution in [0.5, 0.6) is 0 Å². The lowest BCUT2D eigenvalue weighted by atomic mass is 10.2. The number of nitriles is 1. The standard InChI is InChI=1S/C8H5N3O/c9-4-6-5-11-12-8(6)7-2-1-3-10-7/h1-3,5,10H. The average Bonchev–Trinajstić information content (AvgIpc) is 2.74. The van der Waals surface area contributed by atoms with Gasteiger partial charge in [0.2, 0.25) is 5.76 Å². The van der Waals surface area contributed by atoms with Gasteiger partial charge in [0.15, 0.2) is 0 Å². The number of aromatic nitrogens is 2. The molecular formula is C8H5N3O. The predicted octanol–water partition coefficient (Wildman–Crippen LogP) is 1.54. The van der Waals surface area contributed by atoms with Crippen molar-refractivity contribution in [2.75, 3.05) is 0 Å². The first-order valence-electron chi connectivity index (χ1n) is 3.40. The number of nitrogens with one attached hydrogen (secondary N) is 1. The molecule has 0 amide bonds. The Balaban J connectivity index is 2.55. The molecule has 1 N–H and O–H groups in total. The van der Waals surface area contributed by atoms with Gasteiger partial charge in [0.05, 0.1) is 11.9 Å². The van der Waals surface area contributed by atoms with Gasteiger partial charge in [-0.1, -0.05) is 5.16 Å². The van der Waals surface area contributed by atoms with Crippen molar-refractivity contribution in [3.63, 3.8) is 0 Å². The number of nitrogens with zero attached hydrogens (tertiary/aromatic N) is 2. The Morgan fingerprint density at radius 2 is 2.50 bits per heavy atom. The normalized spacial score (nSPS) is 9.58. The molecule has 0 spiro atoms. The second-order valence-corrected chi connectivity index (χ2v) is 2.26. The summed E-state index contributed by atoms with van der Waals surface area (Å²) in [5.74, 6) is 0.488. The molecule has 2 aromatic rings. The van der Waals surface area contributed by atoms with Crippen LogP contribution in [-0.4, -0.2) is 10.1 Å². The van der Waals surface area contributed by atoms with Crippen molar-refractivity contribution >= 4 is 0 Å². The van der Waals surface area contributed by atoms with Crippen molar-refractivity contribution in [3.05, 3.63) is 30.1 Å². The first-order valence-corrected chi connectivity index (χ1v) is 3.40. The van der Waals surface area contributed by atoms with Gasteiger partial charge < -0.3 is 9.51 Å². The number of rotatable bonds is 1. The van der Waals surface area contributed by atoms with Gasteiger partial charge in [-0.2, -0.15) is 5.26 Å². The lowest BCUT2D eigenvalue weighted by Crippen LogP contribution is -1.76. The van der Waals surface area contributed by atoms with Crippen molar-refractivity contribution in [3.8, 4) is 17.5 Å². The van der Waals surface area contributed by atoms with Gasteiger partial charge >= 0.3 is 0 Å². The van der Waals surface area contributed by atoms with Crippen molar-refractivity contribution in [2.45, 2.75) is 0 Å². The van der Waals surface area contributed by atoms with Crippen molar-refractivity contribution in [1.82, 2.24) is 10.1 Å². The molecule has 0 fully saturated rings. The third-order valence-corrected chi connectivity index (χ3v) is 1.53. The molecule has 0 saturated heterocycles. The van der Waals surface area contributed by atoms with Crippen molar-refractivity contribution in [1.29, 1.82) is 5.26 Å². The summed E-state index contributed by atoms with van der Waals surface area (Å²) in [7, 11) is 0. The zero-order valence-corrected chi connectivity index (χ0v) is 6.11. The van der Waals surface area contributed by atoms with E-state index in [0.29, 0.717) is 11.3 Å². The van der Waals surface area contributed by atoms with Gasteiger partial charge in [-0.15, -0.1) is 0 Å². The molecule has 0 bridgehead atoms. The molecule has 0 aliphatic heterocycles. The van der Waals surface area contributed by atoms with E-state index in [1.807, 2.05) is 18.2 Å². The number of aromatic amines is 1. The first-order chi connectivity index (χ1) is 5.92. The van der Waals surface area contributed by atoms with Crippen LogP contribution in [0.1, 0.15) is 5.56 Å². The van der Waals surface area contributed by atoms with Crippen LogP contribution in [0.2, 0.25) is 0 Å². The molecule has 0 aliphatic rings. The molecule has 0 radical (unpaired) electrons. The summed E-state index contributed by atoms with van der Waals surface area (Å²) >= 11 is 0. The molecule has 0 aliphatic carbocycles. The fourth-order valence-electron chi connectivity index (χ4n) is 0.985. The molecule has 2 aromatic heterocycles. The molecule has 2 heterocycles. The highest BCUT2D eigenvalue weighted by Gasteiger charge is 2.09. The topological polar surface area (TPSA) is 65.6 Å². The zero-order chi connectivity index (χ0) is 8.39. The minimum atomic E-state index is 0.442. The Kier molecular flexibility index (Phi) is 1.42. The molecular weight excluding hydrogens is 154 g/mol. The minimum absolute atomic E-state index is 0.442. The molecule has 0 aromatic carbocycles. The van der Waals surface area contributed by atoms with E-state index in [9.17, 15) is 0 Å². The zero-order valence-electron chi connectivity index (χ0n) is 6.11. The fourth-order valence-corrected chi connectivity index (χ4v) is 0.985. The van der Waals surface area contributed by atoms with E-state index in [4.69, 9.17) is 9.78 Å². The second-order valence-electron chi connectivity index (χ2n) is 2.26. The maximum Gasteiger partial charge on any atom is 0.200 e. The monoisotopic (exact) mass is 159 g/mol. The lowest BCUT2D eigenvalue weighted by molar-refractivity contribution is 0.431. The van der Waals surface area contributed by atoms with Gasteiger partial charge in [-0.25, -0.2) is 0 Å². The highest BCUT2D eigenvalue weighted by atomic mass is 16.5. The highest BCUT2D eigenvalue weighted by molar-refractivity contribution is 5.59. The molecule has 12 heavy (non-hydrogen) atoms. The molecule has 58 valence electrons. The summed E-state index contributed by atoms with van der Waals surface area (Å²) in [6.07, 6.45) is 3.16. The van der Waals surface area contributed by atoms with E-state index in [-0.39, 0.29) is 0 Å². The highest BCUT2D eigenvalue weighted by Crippen LogP contribution is 2.20. The number of hydrogen-bond donors (Lipinski definition) is 1. The van der Waals surface area contributed by atoms with Crippen LogP contribution in [0, 0.1) is 11.3 Å². The van der Waals surface area contributed by atoms with Crippen LogP contribution in [0.15, 0.2) is 29.0 Å². The molecule has 0 saturated carbocycles. The lowest BCUT2D eigenvalue weighted by Gasteiger charge is -1.87. The molecule has 0 atom stereocenters. The fraction of sp³-hybridized carbons (Fsp3) is 0. The van der Waals surface area contributed by atoms with E-state index >= 15 is 0 Å². The molecule has 4 heteroatoms. The summed E-state index contributed by atoms with van der Waals surface area (Å²) in [5, 5.41) is 12.2. The van der Waals surface area contributed by atoms with Gasteiger partial charge in [0, 0.05) is 6.20 Å². The molecule has 4 nitrogen and oxygen atoms in total. The quantitative estimate of drug-likeness (QED) is 0.686. The van der Waals surface area contributed by atoms with Crippen LogP contribution < -0.4 is 0 Å². The Labute approximate surface area is 68.4 Å². The van der Waals surface area contributed by atoms with Crippen LogP contribution in [0.25, 0.3) is 11.5 Å². The van der Waals surface area contributed by atoms with E-state index in [1.165, 1.54) is 6.20 Å². The summed E-state index contributed by atoms with van der Waals surface area (Å²) in [4.78, 5) is 2.93. The van der Waals surface area contributed by atoms with Gasteiger partial charge in [0.1, 0.15) is 11.6 Å². The Morgan fingerprint density at radius 1 is 1.58 bits per heavy atom. The van der Waals surface area contributed by atoms with E-state index in [0.717, 1.165) is 5.69 Å². The maximum atomic E-state index is 8.64. The minimum Gasteiger partial charge on any atom is -0.359 e. The van der Waals surface area contributed by atoms with E-state index in [2.05, 4.69) is 10.1 Å². The third kappa shape index (κ3) is 0.883.